The maximum Gasteiger partial charge on any atom is 0.143 e. The highest BCUT2D eigenvalue weighted by Gasteiger charge is 2.18. The van der Waals surface area contributed by atoms with Gasteiger partial charge in [-0.15, -0.1) is 11.3 Å². The average Bonchev–Trinajstić information content (AvgIpc) is 2.95. The highest BCUT2D eigenvalue weighted by Crippen LogP contribution is 2.42. The van der Waals surface area contributed by atoms with E-state index in [1.165, 1.54) is 21.6 Å². The first-order valence-corrected chi connectivity index (χ1v) is 9.98. The molecule has 136 valence electrons. The number of aryl methyl sites for hydroxylation is 4. The third-order valence-electron chi connectivity index (χ3n) is 4.68. The summed E-state index contributed by atoms with van der Waals surface area (Å²) >= 11 is 8.20. The number of benzene rings is 2. The lowest BCUT2D eigenvalue weighted by Gasteiger charge is -2.13. The van der Waals surface area contributed by atoms with Gasteiger partial charge in [0.2, 0.25) is 0 Å². The number of nitrogens with one attached hydrogen (secondary N) is 1. The fraction of sp³-hybridized carbons (Fsp3) is 0.182. The summed E-state index contributed by atoms with van der Waals surface area (Å²) in [4.78, 5) is 11.3. The molecule has 2 aromatic heterocycles. The van der Waals surface area contributed by atoms with E-state index < -0.39 is 0 Å². The number of rotatable bonds is 3. The summed E-state index contributed by atoms with van der Waals surface area (Å²) in [6.45, 7) is 8.33. The van der Waals surface area contributed by atoms with Crippen LogP contribution in [-0.2, 0) is 0 Å². The molecule has 5 heteroatoms. The Bertz CT molecular complexity index is 1120. The predicted molar refractivity (Wildman–Crippen MR) is 117 cm³/mol. The summed E-state index contributed by atoms with van der Waals surface area (Å²) in [5.74, 6) is 0.786. The summed E-state index contributed by atoms with van der Waals surface area (Å²) in [6.07, 6.45) is 1.61. The molecule has 0 saturated carbocycles. The van der Waals surface area contributed by atoms with Gasteiger partial charge in [-0.25, -0.2) is 9.97 Å². The molecule has 0 aliphatic heterocycles. The maximum atomic E-state index is 6.51. The van der Waals surface area contributed by atoms with Crippen molar-refractivity contribution >= 4 is 44.7 Å². The van der Waals surface area contributed by atoms with Crippen LogP contribution in [0, 0.1) is 27.7 Å². The molecule has 0 bridgehead atoms. The normalized spacial score (nSPS) is 11.1. The number of hydrogen-bond acceptors (Lipinski definition) is 4. The van der Waals surface area contributed by atoms with E-state index in [4.69, 9.17) is 11.6 Å². The van der Waals surface area contributed by atoms with E-state index in [1.54, 1.807) is 17.7 Å². The second-order valence-electron chi connectivity index (χ2n) is 6.87. The number of hydrogen-bond donors (Lipinski definition) is 1. The first-order chi connectivity index (χ1) is 12.9. The molecule has 4 rings (SSSR count). The molecule has 2 aromatic carbocycles. The van der Waals surface area contributed by atoms with Crippen molar-refractivity contribution in [1.29, 1.82) is 0 Å². The molecule has 1 N–H and O–H groups in total. The number of nitrogens with zero attached hydrogens (tertiary/aromatic N) is 2. The van der Waals surface area contributed by atoms with E-state index >= 15 is 0 Å². The molecule has 4 aromatic rings. The zero-order valence-corrected chi connectivity index (χ0v) is 17.3. The lowest BCUT2D eigenvalue weighted by Crippen LogP contribution is -1.99. The molecule has 0 unspecified atom stereocenters. The second-order valence-corrected chi connectivity index (χ2v) is 8.48. The molecular weight excluding hydrogens is 374 g/mol. The Kier molecular flexibility index (Phi) is 4.62. The lowest BCUT2D eigenvalue weighted by molar-refractivity contribution is 1.22. The molecule has 0 atom stereocenters. The van der Waals surface area contributed by atoms with Crippen LogP contribution in [-0.4, -0.2) is 9.97 Å². The molecule has 2 heterocycles. The number of anilines is 2. The van der Waals surface area contributed by atoms with Crippen molar-refractivity contribution in [1.82, 2.24) is 9.97 Å². The summed E-state index contributed by atoms with van der Waals surface area (Å²) in [5.41, 5.74) is 6.72. The van der Waals surface area contributed by atoms with Gasteiger partial charge in [-0.05, 0) is 50.5 Å². The Morgan fingerprint density at radius 3 is 2.37 bits per heavy atom. The fourth-order valence-corrected chi connectivity index (χ4v) is 4.78. The van der Waals surface area contributed by atoms with Gasteiger partial charge in [0, 0.05) is 10.4 Å². The number of halogens is 1. The molecule has 0 saturated heterocycles. The first-order valence-electron chi connectivity index (χ1n) is 8.79. The van der Waals surface area contributed by atoms with Gasteiger partial charge >= 0.3 is 0 Å². The number of thiophene rings is 1. The summed E-state index contributed by atoms with van der Waals surface area (Å²) in [7, 11) is 0. The van der Waals surface area contributed by atoms with Crippen LogP contribution in [0.15, 0.2) is 42.7 Å². The van der Waals surface area contributed by atoms with Crippen molar-refractivity contribution in [2.45, 2.75) is 27.7 Å². The Balaban J connectivity index is 1.91. The molecular formula is C22H20ClN3S. The zero-order valence-electron chi connectivity index (χ0n) is 15.7. The summed E-state index contributed by atoms with van der Waals surface area (Å²) in [5, 5.41) is 5.21. The van der Waals surface area contributed by atoms with Crippen LogP contribution >= 0.6 is 22.9 Å². The van der Waals surface area contributed by atoms with Crippen molar-refractivity contribution in [3.8, 4) is 11.1 Å². The minimum atomic E-state index is 0.697. The third kappa shape index (κ3) is 3.31. The van der Waals surface area contributed by atoms with E-state index in [2.05, 4.69) is 66.4 Å². The van der Waals surface area contributed by atoms with Gasteiger partial charge in [0.1, 0.15) is 17.0 Å². The molecule has 27 heavy (non-hydrogen) atoms. The van der Waals surface area contributed by atoms with E-state index in [0.717, 1.165) is 32.8 Å². The Morgan fingerprint density at radius 1 is 0.926 bits per heavy atom. The highest BCUT2D eigenvalue weighted by atomic mass is 35.5. The number of aromatic nitrogens is 2. The Labute approximate surface area is 168 Å². The Morgan fingerprint density at radius 2 is 1.67 bits per heavy atom. The van der Waals surface area contributed by atoms with Gasteiger partial charge in [0.15, 0.2) is 0 Å². The maximum absolute atomic E-state index is 6.51. The lowest BCUT2D eigenvalue weighted by atomic mass is 10.0. The van der Waals surface area contributed by atoms with Crippen molar-refractivity contribution < 1.29 is 0 Å². The van der Waals surface area contributed by atoms with Crippen LogP contribution in [0.5, 0.6) is 0 Å². The largest absolute Gasteiger partial charge is 0.338 e. The van der Waals surface area contributed by atoms with E-state index in [-0.39, 0.29) is 0 Å². The van der Waals surface area contributed by atoms with E-state index in [0.29, 0.717) is 5.02 Å². The van der Waals surface area contributed by atoms with Gasteiger partial charge < -0.3 is 5.32 Å². The predicted octanol–water partition coefficient (Wildman–Crippen LogP) is 6.99. The van der Waals surface area contributed by atoms with Crippen molar-refractivity contribution in [3.63, 3.8) is 0 Å². The molecule has 0 amide bonds. The minimum Gasteiger partial charge on any atom is -0.338 e. The van der Waals surface area contributed by atoms with Gasteiger partial charge in [0.25, 0.3) is 0 Å². The van der Waals surface area contributed by atoms with Gasteiger partial charge in [-0.2, -0.15) is 0 Å². The molecule has 3 nitrogen and oxygen atoms in total. The summed E-state index contributed by atoms with van der Waals surface area (Å²) < 4.78 is 0. The van der Waals surface area contributed by atoms with Crippen LogP contribution in [0.1, 0.15) is 21.6 Å². The smallest absolute Gasteiger partial charge is 0.143 e. The third-order valence-corrected chi connectivity index (χ3v) is 5.99. The zero-order chi connectivity index (χ0) is 19.1. The molecule has 0 aliphatic carbocycles. The van der Waals surface area contributed by atoms with Gasteiger partial charge in [-0.1, -0.05) is 47.5 Å². The quantitative estimate of drug-likeness (QED) is 0.407. The fourth-order valence-electron chi connectivity index (χ4n) is 3.40. The SMILES string of the molecule is Cc1ccc(-c2c(C)sc3ncnc(Nc4c(C)cc(C)cc4Cl)c23)cc1. The summed E-state index contributed by atoms with van der Waals surface area (Å²) in [6, 6.07) is 12.7. The van der Waals surface area contributed by atoms with Gasteiger partial charge in [0.05, 0.1) is 16.1 Å². The minimum absolute atomic E-state index is 0.697. The van der Waals surface area contributed by atoms with Crippen LogP contribution in [0.3, 0.4) is 0 Å². The molecule has 0 fully saturated rings. The van der Waals surface area contributed by atoms with Crippen LogP contribution in [0.25, 0.3) is 21.3 Å². The van der Waals surface area contributed by atoms with E-state index in [9.17, 15) is 0 Å². The average molecular weight is 394 g/mol. The molecule has 0 aliphatic rings. The monoisotopic (exact) mass is 393 g/mol. The first kappa shape index (κ1) is 18.0. The molecule has 0 radical (unpaired) electrons. The van der Waals surface area contributed by atoms with Crippen LogP contribution in [0.4, 0.5) is 11.5 Å². The topological polar surface area (TPSA) is 37.8 Å². The second kappa shape index (κ2) is 6.95. The highest BCUT2D eigenvalue weighted by molar-refractivity contribution is 7.19. The molecule has 0 spiro atoms. The van der Waals surface area contributed by atoms with Crippen molar-refractivity contribution in [2.75, 3.05) is 5.32 Å². The van der Waals surface area contributed by atoms with Crippen molar-refractivity contribution in [2.24, 2.45) is 0 Å². The Hall–Kier alpha value is -2.43. The van der Waals surface area contributed by atoms with Crippen LogP contribution < -0.4 is 5.32 Å². The van der Waals surface area contributed by atoms with Crippen molar-refractivity contribution in [3.05, 3.63) is 69.3 Å². The van der Waals surface area contributed by atoms with Crippen LogP contribution in [0.2, 0.25) is 5.02 Å². The number of fused-ring (bicyclic) bond motifs is 1. The van der Waals surface area contributed by atoms with E-state index in [1.807, 2.05) is 13.0 Å². The van der Waals surface area contributed by atoms with Gasteiger partial charge in [-0.3, -0.25) is 0 Å². The standard InChI is InChI=1S/C22H20ClN3S/c1-12-5-7-16(8-6-12)18-15(4)27-22-19(18)21(24-11-25-22)26-20-14(3)9-13(2)10-17(20)23/h5-11H,1-4H3,(H,24,25,26).